The van der Waals surface area contributed by atoms with Gasteiger partial charge in [0.25, 0.3) is 0 Å². The smallest absolute Gasteiger partial charge is 0.229 e. The van der Waals surface area contributed by atoms with Crippen LogP contribution in [0.1, 0.15) is 5.56 Å². The molecule has 1 amide bonds. The molecule has 7 heteroatoms. The summed E-state index contributed by atoms with van der Waals surface area (Å²) < 4.78 is 16.7. The van der Waals surface area contributed by atoms with Gasteiger partial charge >= 0.3 is 0 Å². The molecule has 2 saturated heterocycles. The highest BCUT2D eigenvalue weighted by Crippen LogP contribution is 2.39. The predicted octanol–water partition coefficient (Wildman–Crippen LogP) is 0.234. The lowest BCUT2D eigenvalue weighted by molar-refractivity contribution is -0.130. The van der Waals surface area contributed by atoms with Crippen molar-refractivity contribution in [2.24, 2.45) is 11.3 Å². The maximum Gasteiger partial charge on any atom is 0.229 e. The first kappa shape index (κ1) is 16.5. The largest absolute Gasteiger partial charge is 0.496 e. The molecule has 0 aliphatic carbocycles. The zero-order valence-electron chi connectivity index (χ0n) is 14.8. The number of likely N-dealkylation sites (tertiary alicyclic amines) is 1. The maximum absolute atomic E-state index is 13.0. The van der Waals surface area contributed by atoms with Crippen molar-refractivity contribution >= 4 is 5.91 Å². The molecule has 0 bridgehead atoms. The van der Waals surface area contributed by atoms with Gasteiger partial charge in [0.1, 0.15) is 19.0 Å². The quantitative estimate of drug-likeness (QED) is 0.813. The Morgan fingerprint density at radius 2 is 2.16 bits per heavy atom. The summed E-state index contributed by atoms with van der Waals surface area (Å²) in [6.45, 7) is 4.90. The lowest BCUT2D eigenvalue weighted by Gasteiger charge is -2.27. The van der Waals surface area contributed by atoms with Crippen LogP contribution in [0.3, 0.4) is 0 Å². The van der Waals surface area contributed by atoms with E-state index in [1.54, 1.807) is 7.11 Å². The number of carbonyl (C=O) groups excluding carboxylic acids is 1. The SMILES string of the molecule is COc1cc2c(cc1CNC(=O)[C@@]13CNC[C@@H]1CN(C)C3)OCCO2. The van der Waals surface area contributed by atoms with Crippen molar-refractivity contribution in [1.82, 2.24) is 15.5 Å². The Bertz CT molecular complexity index is 681. The van der Waals surface area contributed by atoms with E-state index in [1.165, 1.54) is 0 Å². The Morgan fingerprint density at radius 3 is 2.92 bits per heavy atom. The third-order valence-electron chi connectivity index (χ3n) is 5.53. The number of nitrogens with zero attached hydrogens (tertiary/aromatic N) is 1. The number of nitrogens with one attached hydrogen (secondary N) is 2. The van der Waals surface area contributed by atoms with Crippen molar-refractivity contribution in [1.29, 1.82) is 0 Å². The first-order chi connectivity index (χ1) is 12.1. The van der Waals surface area contributed by atoms with Crippen LogP contribution >= 0.6 is 0 Å². The van der Waals surface area contributed by atoms with Gasteiger partial charge in [-0.15, -0.1) is 0 Å². The van der Waals surface area contributed by atoms with E-state index < -0.39 is 0 Å². The number of methoxy groups -OCH3 is 1. The number of fused-ring (bicyclic) bond motifs is 2. The van der Waals surface area contributed by atoms with Crippen molar-refractivity contribution in [2.75, 3.05) is 53.6 Å². The van der Waals surface area contributed by atoms with Gasteiger partial charge in [0.2, 0.25) is 5.91 Å². The number of amides is 1. The zero-order valence-corrected chi connectivity index (χ0v) is 14.8. The van der Waals surface area contributed by atoms with Gasteiger partial charge < -0.3 is 29.7 Å². The molecule has 4 rings (SSSR count). The summed E-state index contributed by atoms with van der Waals surface area (Å²) in [6.07, 6.45) is 0. The average Bonchev–Trinajstić information content (AvgIpc) is 3.15. The van der Waals surface area contributed by atoms with E-state index in [4.69, 9.17) is 14.2 Å². The average molecular weight is 347 g/mol. The summed E-state index contributed by atoms with van der Waals surface area (Å²) in [4.78, 5) is 15.2. The molecule has 3 aliphatic heterocycles. The zero-order chi connectivity index (χ0) is 17.4. The van der Waals surface area contributed by atoms with E-state index in [1.807, 2.05) is 12.1 Å². The summed E-state index contributed by atoms with van der Waals surface area (Å²) in [7, 11) is 3.70. The number of ether oxygens (including phenoxy) is 3. The molecular formula is C18H25N3O4. The van der Waals surface area contributed by atoms with Gasteiger partial charge in [-0.3, -0.25) is 4.79 Å². The summed E-state index contributed by atoms with van der Waals surface area (Å²) in [5, 5.41) is 6.50. The molecule has 1 aromatic rings. The molecule has 136 valence electrons. The summed E-state index contributed by atoms with van der Waals surface area (Å²) in [5.74, 6) is 2.58. The normalized spacial score (nSPS) is 27.8. The van der Waals surface area contributed by atoms with E-state index in [0.29, 0.717) is 42.9 Å². The Kier molecular flexibility index (Phi) is 4.21. The van der Waals surface area contributed by atoms with Gasteiger partial charge in [0, 0.05) is 50.3 Å². The molecule has 7 nitrogen and oxygen atoms in total. The predicted molar refractivity (Wildman–Crippen MR) is 92.1 cm³/mol. The Hall–Kier alpha value is -1.99. The molecule has 0 spiro atoms. The third-order valence-corrected chi connectivity index (χ3v) is 5.53. The van der Waals surface area contributed by atoms with Crippen LogP contribution in [0, 0.1) is 11.3 Å². The molecule has 0 aromatic heterocycles. The van der Waals surface area contributed by atoms with E-state index in [2.05, 4.69) is 22.6 Å². The number of rotatable bonds is 4. The topological polar surface area (TPSA) is 72.1 Å². The summed E-state index contributed by atoms with van der Waals surface area (Å²) >= 11 is 0. The van der Waals surface area contributed by atoms with Crippen molar-refractivity contribution in [3.63, 3.8) is 0 Å². The van der Waals surface area contributed by atoms with Crippen LogP contribution in [0.25, 0.3) is 0 Å². The molecular weight excluding hydrogens is 322 g/mol. The van der Waals surface area contributed by atoms with Crippen LogP contribution in [0.5, 0.6) is 17.2 Å². The number of hydrogen-bond donors (Lipinski definition) is 2. The monoisotopic (exact) mass is 347 g/mol. The van der Waals surface area contributed by atoms with Gasteiger partial charge in [0.05, 0.1) is 12.5 Å². The molecule has 2 fully saturated rings. The second-order valence-electron chi connectivity index (χ2n) is 7.17. The number of hydrogen-bond acceptors (Lipinski definition) is 6. The van der Waals surface area contributed by atoms with Crippen molar-refractivity contribution in [2.45, 2.75) is 6.54 Å². The molecule has 0 unspecified atom stereocenters. The number of carbonyl (C=O) groups is 1. The second kappa shape index (κ2) is 6.38. The van der Waals surface area contributed by atoms with Crippen LogP contribution in [0.15, 0.2) is 12.1 Å². The van der Waals surface area contributed by atoms with E-state index in [-0.39, 0.29) is 11.3 Å². The molecule has 0 saturated carbocycles. The van der Waals surface area contributed by atoms with Crippen LogP contribution < -0.4 is 24.8 Å². The molecule has 3 aliphatic rings. The fourth-order valence-electron chi connectivity index (χ4n) is 4.29. The minimum absolute atomic E-state index is 0.115. The first-order valence-corrected chi connectivity index (χ1v) is 8.76. The minimum Gasteiger partial charge on any atom is -0.496 e. The van der Waals surface area contributed by atoms with Gasteiger partial charge in [-0.2, -0.15) is 0 Å². The highest BCUT2D eigenvalue weighted by atomic mass is 16.6. The highest BCUT2D eigenvalue weighted by Gasteiger charge is 2.53. The molecule has 2 atom stereocenters. The van der Waals surface area contributed by atoms with Crippen LogP contribution in [-0.4, -0.2) is 64.4 Å². The van der Waals surface area contributed by atoms with Gasteiger partial charge in [-0.25, -0.2) is 0 Å². The van der Waals surface area contributed by atoms with E-state index >= 15 is 0 Å². The molecule has 25 heavy (non-hydrogen) atoms. The van der Waals surface area contributed by atoms with Crippen molar-refractivity contribution < 1.29 is 19.0 Å². The van der Waals surface area contributed by atoms with Gasteiger partial charge in [-0.05, 0) is 13.1 Å². The second-order valence-corrected chi connectivity index (χ2v) is 7.17. The minimum atomic E-state index is -0.324. The van der Waals surface area contributed by atoms with Crippen LogP contribution in [-0.2, 0) is 11.3 Å². The lowest BCUT2D eigenvalue weighted by Crippen LogP contribution is -2.46. The lowest BCUT2D eigenvalue weighted by atomic mass is 9.80. The van der Waals surface area contributed by atoms with E-state index in [0.717, 1.165) is 31.7 Å². The van der Waals surface area contributed by atoms with Crippen LogP contribution in [0.4, 0.5) is 0 Å². The Labute approximate surface area is 147 Å². The van der Waals surface area contributed by atoms with Gasteiger partial charge in [0.15, 0.2) is 11.5 Å². The van der Waals surface area contributed by atoms with Crippen molar-refractivity contribution in [3.8, 4) is 17.2 Å². The molecule has 3 heterocycles. The fraction of sp³-hybridized carbons (Fsp3) is 0.611. The first-order valence-electron chi connectivity index (χ1n) is 8.76. The molecule has 1 aromatic carbocycles. The molecule has 2 N–H and O–H groups in total. The Balaban J connectivity index is 1.50. The molecule has 0 radical (unpaired) electrons. The van der Waals surface area contributed by atoms with Crippen molar-refractivity contribution in [3.05, 3.63) is 17.7 Å². The number of benzene rings is 1. The fourth-order valence-corrected chi connectivity index (χ4v) is 4.29. The van der Waals surface area contributed by atoms with Gasteiger partial charge in [-0.1, -0.05) is 0 Å². The Morgan fingerprint density at radius 1 is 1.40 bits per heavy atom. The summed E-state index contributed by atoms with van der Waals surface area (Å²) in [5.41, 5.74) is 0.570. The maximum atomic E-state index is 13.0. The van der Waals surface area contributed by atoms with E-state index in [9.17, 15) is 4.79 Å². The standard InChI is InChI=1S/C18H25N3O4/c1-21-9-13-8-19-10-18(13,11-21)17(22)20-7-12-5-15-16(6-14(12)23-2)25-4-3-24-15/h5-6,13,19H,3-4,7-11H2,1-2H3,(H,20,22)/t13-,18-/m1/s1. The summed E-state index contributed by atoms with van der Waals surface area (Å²) in [6, 6.07) is 3.73. The highest BCUT2D eigenvalue weighted by molar-refractivity contribution is 5.84. The third kappa shape index (κ3) is 2.81. The van der Waals surface area contributed by atoms with Crippen LogP contribution in [0.2, 0.25) is 0 Å².